The van der Waals surface area contributed by atoms with Gasteiger partial charge in [0.2, 0.25) is 0 Å². The lowest BCUT2D eigenvalue weighted by Gasteiger charge is -2.39. The highest BCUT2D eigenvalue weighted by Crippen LogP contribution is 2.37. The van der Waals surface area contributed by atoms with Gasteiger partial charge in [0.25, 0.3) is 6.23 Å². The van der Waals surface area contributed by atoms with Crippen molar-refractivity contribution < 1.29 is 27.0 Å². The minimum Gasteiger partial charge on any atom is -0.744 e. The minimum absolute atomic E-state index is 0.126. The first kappa shape index (κ1) is 22.1. The van der Waals surface area contributed by atoms with Gasteiger partial charge in [-0.05, 0) is 52.0 Å². The molecular formula is C21H27NO5S. The molecule has 0 radical (unpaired) electrons. The summed E-state index contributed by atoms with van der Waals surface area (Å²) in [7, 11) is -4.27. The Morgan fingerprint density at radius 3 is 2.00 bits per heavy atom. The van der Waals surface area contributed by atoms with Crippen LogP contribution in [-0.4, -0.2) is 43.1 Å². The van der Waals surface area contributed by atoms with Crippen LogP contribution in [0.2, 0.25) is 0 Å². The maximum Gasteiger partial charge on any atom is 0.343 e. The monoisotopic (exact) mass is 405 g/mol. The largest absolute Gasteiger partial charge is 0.744 e. The molecule has 0 N–H and O–H groups in total. The van der Waals surface area contributed by atoms with Crippen LogP contribution in [0, 0.1) is 6.92 Å². The summed E-state index contributed by atoms with van der Waals surface area (Å²) < 4.78 is 37.6. The lowest BCUT2D eigenvalue weighted by atomic mass is 10.1. The average molecular weight is 406 g/mol. The van der Waals surface area contributed by atoms with Crippen molar-refractivity contribution in [2.24, 2.45) is 0 Å². The summed E-state index contributed by atoms with van der Waals surface area (Å²) in [6.07, 6.45) is -0.126. The Morgan fingerprint density at radius 1 is 0.964 bits per heavy atom. The lowest BCUT2D eigenvalue weighted by Crippen LogP contribution is -2.50. The van der Waals surface area contributed by atoms with E-state index >= 15 is 0 Å². The quantitative estimate of drug-likeness (QED) is 0.431. The van der Waals surface area contributed by atoms with Crippen LogP contribution in [0.1, 0.15) is 48.5 Å². The molecule has 1 unspecified atom stereocenters. The van der Waals surface area contributed by atoms with Crippen LogP contribution < -0.4 is 0 Å². The third-order valence-electron chi connectivity index (χ3n) is 5.36. The first-order valence-electron chi connectivity index (χ1n) is 9.36. The zero-order chi connectivity index (χ0) is 20.9. The molecule has 28 heavy (non-hydrogen) atoms. The first-order valence-corrected chi connectivity index (χ1v) is 10.8. The van der Waals surface area contributed by atoms with Crippen molar-refractivity contribution in [3.63, 3.8) is 0 Å². The third kappa shape index (κ3) is 4.60. The van der Waals surface area contributed by atoms with E-state index in [2.05, 4.69) is 20.8 Å². The molecule has 0 aromatic heterocycles. The number of aryl methyl sites for hydroxylation is 1. The molecule has 3 rings (SSSR count). The minimum atomic E-state index is -4.27. The van der Waals surface area contributed by atoms with Crippen molar-refractivity contribution in [2.45, 2.75) is 38.8 Å². The van der Waals surface area contributed by atoms with Gasteiger partial charge >= 0.3 is 5.97 Å². The van der Waals surface area contributed by atoms with E-state index in [-0.39, 0.29) is 17.1 Å². The van der Waals surface area contributed by atoms with E-state index in [1.807, 2.05) is 31.2 Å². The van der Waals surface area contributed by atoms with E-state index in [0.717, 1.165) is 40.8 Å². The van der Waals surface area contributed by atoms with Gasteiger partial charge in [0, 0.05) is 0 Å². The second kappa shape index (κ2) is 8.86. The maximum absolute atomic E-state index is 11.8. The Hall–Kier alpha value is -2.22. The fourth-order valence-corrected chi connectivity index (χ4v) is 3.88. The number of hydrogen-bond acceptors (Lipinski definition) is 5. The van der Waals surface area contributed by atoms with Crippen molar-refractivity contribution in [2.75, 3.05) is 19.6 Å². The smallest absolute Gasteiger partial charge is 0.343 e. The van der Waals surface area contributed by atoms with Gasteiger partial charge in [-0.3, -0.25) is 4.48 Å². The Kier molecular flexibility index (Phi) is 6.98. The summed E-state index contributed by atoms with van der Waals surface area (Å²) in [6.45, 7) is 11.2. The highest BCUT2D eigenvalue weighted by molar-refractivity contribution is 7.85. The van der Waals surface area contributed by atoms with E-state index in [1.54, 1.807) is 12.1 Å². The summed E-state index contributed by atoms with van der Waals surface area (Å²) in [6, 6.07) is 13.5. The number of nitrogens with zero attached hydrogens (tertiary/aromatic N) is 1. The molecule has 1 heterocycles. The van der Waals surface area contributed by atoms with Crippen molar-refractivity contribution in [3.8, 4) is 0 Å². The molecule has 1 atom stereocenters. The van der Waals surface area contributed by atoms with Crippen LogP contribution in [0.15, 0.2) is 53.4 Å². The molecule has 1 aliphatic rings. The van der Waals surface area contributed by atoms with Crippen LogP contribution in [0.5, 0.6) is 0 Å². The van der Waals surface area contributed by atoms with Gasteiger partial charge in [-0.1, -0.05) is 29.8 Å². The zero-order valence-electron chi connectivity index (χ0n) is 16.7. The molecule has 0 fully saturated rings. The standard InChI is InChI=1S/C14H20NO2.C7H8O3S/c1-4-15(5-2,6-3)13-11-9-7-8-10-12(11)14(16)17-13;1-6-2-4-7(5-3-6)11(8,9)10/h7-10,13H,4-6H2,1-3H3;2-5H,1H3,(H,8,9,10)/q+1;/p-1. The number of quaternary nitrogens is 1. The number of fused-ring (bicyclic) bond motifs is 1. The molecule has 2 aromatic carbocycles. The molecule has 0 saturated heterocycles. The summed E-state index contributed by atoms with van der Waals surface area (Å²) in [5.41, 5.74) is 2.70. The second-order valence-electron chi connectivity index (χ2n) is 6.78. The fourth-order valence-electron chi connectivity index (χ4n) is 3.41. The van der Waals surface area contributed by atoms with Crippen LogP contribution in [0.25, 0.3) is 0 Å². The van der Waals surface area contributed by atoms with Gasteiger partial charge in [-0.25, -0.2) is 13.2 Å². The molecular weight excluding hydrogens is 378 g/mol. The summed E-state index contributed by atoms with van der Waals surface area (Å²) in [5.74, 6) is -0.177. The number of cyclic esters (lactones) is 1. The summed E-state index contributed by atoms with van der Waals surface area (Å²) in [4.78, 5) is 11.7. The molecule has 0 amide bonds. The highest BCUT2D eigenvalue weighted by atomic mass is 32.2. The summed E-state index contributed by atoms with van der Waals surface area (Å²) >= 11 is 0. The molecule has 7 heteroatoms. The predicted molar refractivity (Wildman–Crippen MR) is 106 cm³/mol. The Bertz CT molecular complexity index is 910. The van der Waals surface area contributed by atoms with Crippen molar-refractivity contribution in [1.82, 2.24) is 0 Å². The number of rotatable bonds is 5. The van der Waals surface area contributed by atoms with Crippen LogP contribution >= 0.6 is 0 Å². The van der Waals surface area contributed by atoms with Crippen LogP contribution in [0.4, 0.5) is 0 Å². The first-order chi connectivity index (χ1) is 13.2. The lowest BCUT2D eigenvalue weighted by molar-refractivity contribution is -0.970. The van der Waals surface area contributed by atoms with Crippen molar-refractivity contribution in [3.05, 3.63) is 65.2 Å². The van der Waals surface area contributed by atoms with E-state index < -0.39 is 10.1 Å². The maximum atomic E-state index is 11.8. The van der Waals surface area contributed by atoms with Gasteiger partial charge in [0.15, 0.2) is 0 Å². The van der Waals surface area contributed by atoms with E-state index in [0.29, 0.717) is 0 Å². The molecule has 0 aliphatic carbocycles. The van der Waals surface area contributed by atoms with Crippen molar-refractivity contribution in [1.29, 1.82) is 0 Å². The van der Waals surface area contributed by atoms with E-state index in [4.69, 9.17) is 4.74 Å². The molecule has 2 aromatic rings. The van der Waals surface area contributed by atoms with Crippen LogP contribution in [0.3, 0.4) is 0 Å². The Balaban J connectivity index is 0.000000221. The van der Waals surface area contributed by atoms with Gasteiger partial charge in [-0.15, -0.1) is 0 Å². The molecule has 0 saturated carbocycles. The van der Waals surface area contributed by atoms with E-state index in [1.165, 1.54) is 12.1 Å². The number of carbonyl (C=O) groups excluding carboxylic acids is 1. The fraction of sp³-hybridized carbons (Fsp3) is 0.381. The van der Waals surface area contributed by atoms with Crippen LogP contribution in [-0.2, 0) is 14.9 Å². The van der Waals surface area contributed by atoms with Gasteiger partial charge in [0.05, 0.1) is 35.7 Å². The Morgan fingerprint density at radius 2 is 1.50 bits per heavy atom. The molecule has 1 aliphatic heterocycles. The average Bonchev–Trinajstić information content (AvgIpc) is 3.02. The SMILES string of the molecule is CC[N+](CC)(CC)C1OC(=O)c2ccccc21.Cc1ccc(S(=O)(=O)[O-])cc1. The van der Waals surface area contributed by atoms with Gasteiger partial charge in [-0.2, -0.15) is 0 Å². The molecule has 152 valence electrons. The summed E-state index contributed by atoms with van der Waals surface area (Å²) in [5, 5.41) is 0. The third-order valence-corrected chi connectivity index (χ3v) is 6.21. The number of carbonyl (C=O) groups is 1. The molecule has 0 spiro atoms. The van der Waals surface area contributed by atoms with Gasteiger partial charge in [0.1, 0.15) is 10.1 Å². The Labute approximate surface area is 167 Å². The second-order valence-corrected chi connectivity index (χ2v) is 8.16. The van der Waals surface area contributed by atoms with E-state index in [9.17, 15) is 17.8 Å². The zero-order valence-corrected chi connectivity index (χ0v) is 17.5. The molecule has 6 nitrogen and oxygen atoms in total. The van der Waals surface area contributed by atoms with Crippen molar-refractivity contribution >= 4 is 16.1 Å². The predicted octanol–water partition coefficient (Wildman–Crippen LogP) is 3.63. The van der Waals surface area contributed by atoms with Gasteiger partial charge < -0.3 is 9.29 Å². The number of benzene rings is 2. The normalized spacial score (nSPS) is 16.0. The number of ether oxygens (including phenoxy) is 1. The topological polar surface area (TPSA) is 83.5 Å². The number of hydrogen-bond donors (Lipinski definition) is 0. The highest BCUT2D eigenvalue weighted by Gasteiger charge is 2.43. The molecule has 0 bridgehead atoms. The number of esters is 1.